The Morgan fingerprint density at radius 2 is 1.73 bits per heavy atom. The summed E-state index contributed by atoms with van der Waals surface area (Å²) in [5.41, 5.74) is 2.65. The Balaban J connectivity index is 1.68. The SMILES string of the molecule is CCOc1ccc(-c2ccc(CC(=O)N[C@H](C)C3CCCCC3)nc2OCC)cc1. The van der Waals surface area contributed by atoms with E-state index >= 15 is 0 Å². The summed E-state index contributed by atoms with van der Waals surface area (Å²) < 4.78 is 11.3. The third kappa shape index (κ3) is 5.97. The zero-order valence-corrected chi connectivity index (χ0v) is 18.4. The minimum atomic E-state index is 0.0249. The molecule has 0 saturated heterocycles. The van der Waals surface area contributed by atoms with Gasteiger partial charge in [-0.25, -0.2) is 4.98 Å². The molecule has 0 aliphatic heterocycles. The fourth-order valence-corrected chi connectivity index (χ4v) is 4.16. The van der Waals surface area contributed by atoms with Crippen molar-refractivity contribution in [2.45, 2.75) is 65.3 Å². The molecule has 1 N–H and O–H groups in total. The summed E-state index contributed by atoms with van der Waals surface area (Å²) in [6.45, 7) is 7.19. The highest BCUT2D eigenvalue weighted by Gasteiger charge is 2.21. The van der Waals surface area contributed by atoms with Gasteiger partial charge in [0.15, 0.2) is 0 Å². The van der Waals surface area contributed by atoms with Crippen LogP contribution >= 0.6 is 0 Å². The Morgan fingerprint density at radius 1 is 1.03 bits per heavy atom. The standard InChI is InChI=1S/C25H34N2O3/c1-4-29-22-14-11-20(12-15-22)23-16-13-21(27-25(23)30-5-2)17-24(28)26-18(3)19-9-7-6-8-10-19/h11-16,18-19H,4-10,17H2,1-3H3,(H,26,28)/t18-/m1/s1. The zero-order valence-electron chi connectivity index (χ0n) is 18.4. The minimum Gasteiger partial charge on any atom is -0.494 e. The van der Waals surface area contributed by atoms with E-state index in [-0.39, 0.29) is 18.4 Å². The molecule has 162 valence electrons. The molecule has 1 aliphatic carbocycles. The first kappa shape index (κ1) is 22.1. The maximum atomic E-state index is 12.6. The van der Waals surface area contributed by atoms with Gasteiger partial charge in [0, 0.05) is 11.6 Å². The summed E-state index contributed by atoms with van der Waals surface area (Å²) in [4.78, 5) is 17.2. The van der Waals surface area contributed by atoms with E-state index in [4.69, 9.17) is 9.47 Å². The fourth-order valence-electron chi connectivity index (χ4n) is 4.16. The van der Waals surface area contributed by atoms with Crippen molar-refractivity contribution in [2.75, 3.05) is 13.2 Å². The summed E-state index contributed by atoms with van der Waals surface area (Å²) in [5, 5.41) is 3.18. The van der Waals surface area contributed by atoms with Crippen molar-refractivity contribution in [3.05, 3.63) is 42.1 Å². The van der Waals surface area contributed by atoms with Crippen molar-refractivity contribution < 1.29 is 14.3 Å². The molecule has 0 spiro atoms. The number of ether oxygens (including phenoxy) is 2. The summed E-state index contributed by atoms with van der Waals surface area (Å²) >= 11 is 0. The second kappa shape index (κ2) is 11.0. The van der Waals surface area contributed by atoms with Gasteiger partial charge in [-0.3, -0.25) is 4.79 Å². The van der Waals surface area contributed by atoms with Gasteiger partial charge < -0.3 is 14.8 Å². The molecule has 30 heavy (non-hydrogen) atoms. The largest absolute Gasteiger partial charge is 0.494 e. The third-order valence-corrected chi connectivity index (χ3v) is 5.76. The van der Waals surface area contributed by atoms with E-state index in [9.17, 15) is 4.79 Å². The van der Waals surface area contributed by atoms with Gasteiger partial charge in [-0.15, -0.1) is 0 Å². The number of rotatable bonds is 9. The monoisotopic (exact) mass is 410 g/mol. The first-order valence-corrected chi connectivity index (χ1v) is 11.3. The van der Waals surface area contributed by atoms with Crippen molar-refractivity contribution >= 4 is 5.91 Å². The minimum absolute atomic E-state index is 0.0249. The lowest BCUT2D eigenvalue weighted by atomic mass is 9.84. The van der Waals surface area contributed by atoms with Crippen LogP contribution in [0.4, 0.5) is 0 Å². The van der Waals surface area contributed by atoms with E-state index in [0.29, 0.717) is 25.0 Å². The number of hydrogen-bond donors (Lipinski definition) is 1. The van der Waals surface area contributed by atoms with Gasteiger partial charge in [-0.05, 0) is 69.4 Å². The maximum Gasteiger partial charge on any atom is 0.226 e. The molecular formula is C25H34N2O3. The Kier molecular flexibility index (Phi) is 8.12. The predicted octanol–water partition coefficient (Wildman–Crippen LogP) is 5.17. The number of aromatic nitrogens is 1. The normalized spacial score (nSPS) is 15.4. The van der Waals surface area contributed by atoms with Crippen molar-refractivity contribution in [3.8, 4) is 22.8 Å². The molecule has 1 atom stereocenters. The van der Waals surface area contributed by atoms with Gasteiger partial charge in [0.05, 0.1) is 25.3 Å². The number of benzene rings is 1. The smallest absolute Gasteiger partial charge is 0.226 e. The Labute approximate surface area is 180 Å². The molecular weight excluding hydrogens is 376 g/mol. The van der Waals surface area contributed by atoms with Crippen LogP contribution in [0.25, 0.3) is 11.1 Å². The average molecular weight is 411 g/mol. The summed E-state index contributed by atoms with van der Waals surface area (Å²) in [6, 6.07) is 12.0. The first-order valence-electron chi connectivity index (χ1n) is 11.3. The van der Waals surface area contributed by atoms with E-state index in [0.717, 1.165) is 22.6 Å². The van der Waals surface area contributed by atoms with Gasteiger partial charge >= 0.3 is 0 Å². The quantitative estimate of drug-likeness (QED) is 0.619. The van der Waals surface area contributed by atoms with Gasteiger partial charge in [0.25, 0.3) is 0 Å². The lowest BCUT2D eigenvalue weighted by molar-refractivity contribution is -0.121. The molecule has 0 radical (unpaired) electrons. The topological polar surface area (TPSA) is 60.5 Å². The number of nitrogens with one attached hydrogen (secondary N) is 1. The molecule has 1 fully saturated rings. The van der Waals surface area contributed by atoms with E-state index in [1.807, 2.05) is 50.2 Å². The molecule has 1 aromatic carbocycles. The molecule has 1 heterocycles. The molecule has 3 rings (SSSR count). The second-order valence-corrected chi connectivity index (χ2v) is 7.98. The van der Waals surface area contributed by atoms with Crippen molar-refractivity contribution in [2.24, 2.45) is 5.92 Å². The Morgan fingerprint density at radius 3 is 2.40 bits per heavy atom. The number of amides is 1. The van der Waals surface area contributed by atoms with Gasteiger partial charge in [-0.2, -0.15) is 0 Å². The molecule has 1 aliphatic rings. The van der Waals surface area contributed by atoms with Gasteiger partial charge in [-0.1, -0.05) is 31.4 Å². The van der Waals surface area contributed by atoms with Crippen LogP contribution in [0.2, 0.25) is 0 Å². The summed E-state index contributed by atoms with van der Waals surface area (Å²) in [5.74, 6) is 2.02. The maximum absolute atomic E-state index is 12.6. The third-order valence-electron chi connectivity index (χ3n) is 5.76. The number of carbonyl (C=O) groups is 1. The molecule has 5 nitrogen and oxygen atoms in total. The highest BCUT2D eigenvalue weighted by atomic mass is 16.5. The van der Waals surface area contributed by atoms with Crippen LogP contribution in [0.3, 0.4) is 0 Å². The van der Waals surface area contributed by atoms with Crippen LogP contribution in [0.15, 0.2) is 36.4 Å². The van der Waals surface area contributed by atoms with E-state index in [2.05, 4.69) is 17.2 Å². The van der Waals surface area contributed by atoms with Gasteiger partial charge in [0.1, 0.15) is 5.75 Å². The Hall–Kier alpha value is -2.56. The van der Waals surface area contributed by atoms with Crippen LogP contribution in [-0.4, -0.2) is 30.1 Å². The molecule has 0 bridgehead atoms. The molecule has 5 heteroatoms. The van der Waals surface area contributed by atoms with Crippen molar-refractivity contribution in [3.63, 3.8) is 0 Å². The van der Waals surface area contributed by atoms with Crippen LogP contribution in [-0.2, 0) is 11.2 Å². The van der Waals surface area contributed by atoms with Crippen molar-refractivity contribution in [1.82, 2.24) is 10.3 Å². The molecule has 1 amide bonds. The lowest BCUT2D eigenvalue weighted by Gasteiger charge is -2.28. The van der Waals surface area contributed by atoms with E-state index < -0.39 is 0 Å². The van der Waals surface area contributed by atoms with Crippen LogP contribution < -0.4 is 14.8 Å². The summed E-state index contributed by atoms with van der Waals surface area (Å²) in [7, 11) is 0. The number of pyridine rings is 1. The second-order valence-electron chi connectivity index (χ2n) is 7.98. The zero-order chi connectivity index (χ0) is 21.3. The molecule has 0 unspecified atom stereocenters. The first-order chi connectivity index (χ1) is 14.6. The number of carbonyl (C=O) groups excluding carboxylic acids is 1. The Bertz CT molecular complexity index is 814. The average Bonchev–Trinajstić information content (AvgIpc) is 2.76. The fraction of sp³-hybridized carbons (Fsp3) is 0.520. The molecule has 1 aromatic heterocycles. The van der Waals surface area contributed by atoms with Gasteiger partial charge in [0.2, 0.25) is 11.8 Å². The van der Waals surface area contributed by atoms with Crippen LogP contribution in [0.1, 0.15) is 58.6 Å². The van der Waals surface area contributed by atoms with Crippen LogP contribution in [0, 0.1) is 5.92 Å². The summed E-state index contributed by atoms with van der Waals surface area (Å²) in [6.07, 6.45) is 6.56. The molecule has 2 aromatic rings. The molecule has 1 saturated carbocycles. The number of hydrogen-bond acceptors (Lipinski definition) is 4. The van der Waals surface area contributed by atoms with Crippen molar-refractivity contribution in [1.29, 1.82) is 0 Å². The highest BCUT2D eigenvalue weighted by molar-refractivity contribution is 5.79. The van der Waals surface area contributed by atoms with E-state index in [1.165, 1.54) is 32.1 Å². The van der Waals surface area contributed by atoms with Crippen LogP contribution in [0.5, 0.6) is 11.6 Å². The predicted molar refractivity (Wildman–Crippen MR) is 120 cm³/mol. The van der Waals surface area contributed by atoms with E-state index in [1.54, 1.807) is 0 Å². The lowest BCUT2D eigenvalue weighted by Crippen LogP contribution is -2.39. The number of nitrogens with zero attached hydrogens (tertiary/aromatic N) is 1. The highest BCUT2D eigenvalue weighted by Crippen LogP contribution is 2.30.